The van der Waals surface area contributed by atoms with E-state index in [9.17, 15) is 9.18 Å². The van der Waals surface area contributed by atoms with Gasteiger partial charge in [0.15, 0.2) is 0 Å². The quantitative estimate of drug-likeness (QED) is 0.927. The first-order valence-corrected chi connectivity index (χ1v) is 6.38. The standard InChI is InChI=1S/C14H14FN3O2/c15-13-10(2-1-3-11(13)14(19)20)8-17-6-7-18-5-4-16-12(18)9-17/h1-5H,6-9H2,(H,19,20). The number of hydrogen-bond donors (Lipinski definition) is 1. The van der Waals surface area contributed by atoms with Crippen molar-refractivity contribution in [2.45, 2.75) is 19.6 Å². The van der Waals surface area contributed by atoms with Crippen LogP contribution in [0.2, 0.25) is 0 Å². The first kappa shape index (κ1) is 12.8. The maximum Gasteiger partial charge on any atom is 0.338 e. The molecule has 0 radical (unpaired) electrons. The highest BCUT2D eigenvalue weighted by molar-refractivity contribution is 5.88. The van der Waals surface area contributed by atoms with Crippen molar-refractivity contribution in [1.29, 1.82) is 0 Å². The third-order valence-corrected chi connectivity index (χ3v) is 3.53. The molecule has 2 aromatic rings. The monoisotopic (exact) mass is 275 g/mol. The van der Waals surface area contributed by atoms with E-state index in [1.54, 1.807) is 18.3 Å². The third kappa shape index (κ3) is 2.30. The number of carboxylic acid groups (broad SMARTS) is 1. The first-order valence-electron chi connectivity index (χ1n) is 6.38. The molecule has 1 aliphatic heterocycles. The number of benzene rings is 1. The molecule has 0 saturated carbocycles. The van der Waals surface area contributed by atoms with E-state index >= 15 is 0 Å². The average Bonchev–Trinajstić information content (AvgIpc) is 2.88. The minimum Gasteiger partial charge on any atom is -0.478 e. The minimum absolute atomic E-state index is 0.277. The maximum absolute atomic E-state index is 14.1. The molecule has 1 N–H and O–H groups in total. The van der Waals surface area contributed by atoms with Crippen LogP contribution in [-0.4, -0.2) is 32.1 Å². The summed E-state index contributed by atoms with van der Waals surface area (Å²) < 4.78 is 16.2. The fourth-order valence-electron chi connectivity index (χ4n) is 2.47. The van der Waals surface area contributed by atoms with Crippen LogP contribution in [0.1, 0.15) is 21.7 Å². The smallest absolute Gasteiger partial charge is 0.338 e. The number of carbonyl (C=O) groups is 1. The zero-order valence-electron chi connectivity index (χ0n) is 10.8. The molecule has 0 unspecified atom stereocenters. The predicted octanol–water partition coefficient (Wildman–Crippen LogP) is 1.74. The van der Waals surface area contributed by atoms with Crippen molar-refractivity contribution in [3.63, 3.8) is 0 Å². The van der Waals surface area contributed by atoms with Gasteiger partial charge in [-0.05, 0) is 6.07 Å². The van der Waals surface area contributed by atoms with Crippen molar-refractivity contribution in [1.82, 2.24) is 14.5 Å². The molecule has 0 amide bonds. The second-order valence-electron chi connectivity index (χ2n) is 4.83. The van der Waals surface area contributed by atoms with Crippen molar-refractivity contribution in [2.75, 3.05) is 6.54 Å². The van der Waals surface area contributed by atoms with Gasteiger partial charge in [-0.1, -0.05) is 12.1 Å². The highest BCUT2D eigenvalue weighted by Crippen LogP contribution is 2.18. The van der Waals surface area contributed by atoms with E-state index < -0.39 is 11.8 Å². The molecule has 5 nitrogen and oxygen atoms in total. The zero-order valence-corrected chi connectivity index (χ0v) is 10.8. The number of hydrogen-bond acceptors (Lipinski definition) is 3. The average molecular weight is 275 g/mol. The SMILES string of the molecule is O=C(O)c1cccc(CN2CCn3ccnc3C2)c1F. The van der Waals surface area contributed by atoms with Crippen LogP contribution in [0.3, 0.4) is 0 Å². The van der Waals surface area contributed by atoms with E-state index in [1.807, 2.05) is 6.20 Å². The first-order chi connectivity index (χ1) is 9.65. The van der Waals surface area contributed by atoms with Crippen LogP contribution in [0.15, 0.2) is 30.6 Å². The molecule has 2 heterocycles. The molecule has 1 aromatic heterocycles. The maximum atomic E-state index is 14.1. The Kier molecular flexibility index (Phi) is 3.23. The fraction of sp³-hybridized carbons (Fsp3) is 0.286. The Labute approximate surface area is 115 Å². The Balaban J connectivity index is 1.79. The molecule has 3 rings (SSSR count). The molecule has 0 fully saturated rings. The highest BCUT2D eigenvalue weighted by Gasteiger charge is 2.20. The van der Waals surface area contributed by atoms with Crippen molar-refractivity contribution in [3.8, 4) is 0 Å². The van der Waals surface area contributed by atoms with Gasteiger partial charge in [-0.25, -0.2) is 14.2 Å². The zero-order chi connectivity index (χ0) is 14.1. The number of imidazole rings is 1. The number of aromatic carboxylic acids is 1. The van der Waals surface area contributed by atoms with Crippen LogP contribution in [-0.2, 0) is 19.6 Å². The lowest BCUT2D eigenvalue weighted by atomic mass is 10.1. The Morgan fingerprint density at radius 1 is 1.40 bits per heavy atom. The molecule has 104 valence electrons. The summed E-state index contributed by atoms with van der Waals surface area (Å²) in [5.74, 6) is -0.932. The van der Waals surface area contributed by atoms with Crippen molar-refractivity contribution < 1.29 is 14.3 Å². The van der Waals surface area contributed by atoms with Crippen LogP contribution < -0.4 is 0 Å². The van der Waals surface area contributed by atoms with Crippen molar-refractivity contribution in [3.05, 3.63) is 53.4 Å². The minimum atomic E-state index is -1.24. The summed E-state index contributed by atoms with van der Waals surface area (Å²) in [6.45, 7) is 2.64. The Morgan fingerprint density at radius 2 is 2.25 bits per heavy atom. The predicted molar refractivity (Wildman–Crippen MR) is 69.7 cm³/mol. The summed E-state index contributed by atoms with van der Waals surface area (Å²) in [5.41, 5.74) is 0.130. The number of carboxylic acids is 1. The van der Waals surface area contributed by atoms with Gasteiger partial charge in [0.2, 0.25) is 0 Å². The number of aromatic nitrogens is 2. The van der Waals surface area contributed by atoms with E-state index in [0.29, 0.717) is 18.7 Å². The lowest BCUT2D eigenvalue weighted by molar-refractivity contribution is 0.0691. The molecule has 0 bridgehead atoms. The van der Waals surface area contributed by atoms with E-state index in [0.717, 1.165) is 18.9 Å². The molecule has 0 aliphatic carbocycles. The molecule has 1 aliphatic rings. The molecule has 6 heteroatoms. The summed E-state index contributed by atoms with van der Waals surface area (Å²) in [7, 11) is 0. The van der Waals surface area contributed by atoms with Gasteiger partial charge < -0.3 is 9.67 Å². The number of rotatable bonds is 3. The number of halogens is 1. The fourth-order valence-corrected chi connectivity index (χ4v) is 2.47. The third-order valence-electron chi connectivity index (χ3n) is 3.53. The van der Waals surface area contributed by atoms with Gasteiger partial charge in [-0.3, -0.25) is 4.90 Å². The van der Waals surface area contributed by atoms with Crippen molar-refractivity contribution in [2.24, 2.45) is 0 Å². The van der Waals surface area contributed by atoms with Crippen LogP contribution >= 0.6 is 0 Å². The normalized spacial score (nSPS) is 15.1. The second kappa shape index (κ2) is 5.05. The van der Waals surface area contributed by atoms with E-state index in [-0.39, 0.29) is 5.56 Å². The summed E-state index contributed by atoms with van der Waals surface area (Å²) in [4.78, 5) is 17.2. The van der Waals surface area contributed by atoms with Gasteiger partial charge in [-0.2, -0.15) is 0 Å². The molecular weight excluding hydrogens is 261 g/mol. The van der Waals surface area contributed by atoms with Crippen molar-refractivity contribution >= 4 is 5.97 Å². The summed E-state index contributed by atoms with van der Waals surface area (Å²) in [5, 5.41) is 8.93. The van der Waals surface area contributed by atoms with Gasteiger partial charge in [0.05, 0.1) is 12.1 Å². The van der Waals surface area contributed by atoms with Crippen LogP contribution in [0.4, 0.5) is 4.39 Å². The van der Waals surface area contributed by atoms with Gasteiger partial charge in [0.25, 0.3) is 0 Å². The summed E-state index contributed by atoms with van der Waals surface area (Å²) in [6, 6.07) is 4.49. The van der Waals surface area contributed by atoms with E-state index in [2.05, 4.69) is 14.5 Å². The van der Waals surface area contributed by atoms with Gasteiger partial charge >= 0.3 is 5.97 Å². The van der Waals surface area contributed by atoms with E-state index in [4.69, 9.17) is 5.11 Å². The molecule has 1 aromatic carbocycles. The molecule has 0 spiro atoms. The molecule has 0 saturated heterocycles. The Bertz CT molecular complexity index is 654. The van der Waals surface area contributed by atoms with Gasteiger partial charge in [0.1, 0.15) is 11.6 Å². The van der Waals surface area contributed by atoms with Gasteiger partial charge in [0, 0.05) is 37.6 Å². The Morgan fingerprint density at radius 3 is 3.05 bits per heavy atom. The van der Waals surface area contributed by atoms with Crippen LogP contribution in [0.5, 0.6) is 0 Å². The van der Waals surface area contributed by atoms with Gasteiger partial charge in [-0.15, -0.1) is 0 Å². The molecular formula is C14H14FN3O2. The van der Waals surface area contributed by atoms with Crippen LogP contribution in [0.25, 0.3) is 0 Å². The summed E-state index contributed by atoms with van der Waals surface area (Å²) >= 11 is 0. The lowest BCUT2D eigenvalue weighted by Crippen LogP contribution is -2.33. The molecule has 20 heavy (non-hydrogen) atoms. The second-order valence-corrected chi connectivity index (χ2v) is 4.83. The Hall–Kier alpha value is -2.21. The summed E-state index contributed by atoms with van der Waals surface area (Å²) in [6.07, 6.45) is 3.68. The number of nitrogens with zero attached hydrogens (tertiary/aromatic N) is 3. The lowest BCUT2D eigenvalue weighted by Gasteiger charge is -2.27. The highest BCUT2D eigenvalue weighted by atomic mass is 19.1. The van der Waals surface area contributed by atoms with E-state index in [1.165, 1.54) is 6.07 Å². The molecule has 0 atom stereocenters. The largest absolute Gasteiger partial charge is 0.478 e. The topological polar surface area (TPSA) is 58.4 Å². The van der Waals surface area contributed by atoms with Crippen LogP contribution in [0, 0.1) is 5.82 Å². The number of fused-ring (bicyclic) bond motifs is 1.